The van der Waals surface area contributed by atoms with Crippen molar-refractivity contribution in [2.24, 2.45) is 0 Å². The molecule has 3 aromatic rings. The molecule has 3 rings (SSSR count). The first-order valence-corrected chi connectivity index (χ1v) is 6.45. The highest BCUT2D eigenvalue weighted by Crippen LogP contribution is 2.17. The molecule has 0 amide bonds. The minimum absolute atomic E-state index is 0.705. The van der Waals surface area contributed by atoms with E-state index in [1.54, 1.807) is 7.11 Å². The zero-order valence-electron chi connectivity index (χ0n) is 11.2. The third-order valence-corrected chi connectivity index (χ3v) is 3.07. The van der Waals surface area contributed by atoms with Gasteiger partial charge in [0.15, 0.2) is 5.82 Å². The van der Waals surface area contributed by atoms with E-state index >= 15 is 0 Å². The Morgan fingerprint density at radius 3 is 2.70 bits per heavy atom. The molecule has 1 heterocycles. The van der Waals surface area contributed by atoms with Crippen molar-refractivity contribution < 1.29 is 4.74 Å². The summed E-state index contributed by atoms with van der Waals surface area (Å²) in [7, 11) is 1.67. The minimum atomic E-state index is 0.705. The number of H-pyrrole nitrogens is 1. The third-order valence-electron chi connectivity index (χ3n) is 3.07. The number of ether oxygens (including phenoxy) is 1. The van der Waals surface area contributed by atoms with E-state index in [0.717, 1.165) is 28.5 Å². The number of rotatable bonds is 4. The first-order chi connectivity index (χ1) is 9.85. The summed E-state index contributed by atoms with van der Waals surface area (Å²) in [4.78, 5) is 4.52. The topological polar surface area (TPSA) is 50.8 Å². The second-order valence-corrected chi connectivity index (χ2v) is 4.50. The average Bonchev–Trinajstić information content (AvgIpc) is 2.97. The molecule has 0 unspecified atom stereocenters. The molecule has 4 heteroatoms. The van der Waals surface area contributed by atoms with Gasteiger partial charge in [-0.25, -0.2) is 4.98 Å². The van der Waals surface area contributed by atoms with E-state index in [-0.39, 0.29) is 0 Å². The largest absolute Gasteiger partial charge is 0.497 e. The highest BCUT2D eigenvalue weighted by Gasteiger charge is 2.06. The van der Waals surface area contributed by atoms with Crippen LogP contribution in [0.25, 0.3) is 11.4 Å². The van der Waals surface area contributed by atoms with Gasteiger partial charge in [0.2, 0.25) is 0 Å². The van der Waals surface area contributed by atoms with Crippen LogP contribution in [0.2, 0.25) is 0 Å². The molecular formula is C16H15N3O. The van der Waals surface area contributed by atoms with Gasteiger partial charge in [0.1, 0.15) is 11.6 Å². The molecule has 1 N–H and O–H groups in total. The van der Waals surface area contributed by atoms with Crippen molar-refractivity contribution in [3.63, 3.8) is 0 Å². The maximum atomic E-state index is 5.22. The smallest absolute Gasteiger partial charge is 0.181 e. The van der Waals surface area contributed by atoms with Crippen LogP contribution in [-0.2, 0) is 6.42 Å². The molecule has 0 fully saturated rings. The van der Waals surface area contributed by atoms with Crippen LogP contribution in [-0.4, -0.2) is 22.3 Å². The SMILES string of the molecule is COc1cccc(Cc2nc(-c3ccccc3)n[nH]2)c1. The number of nitrogens with zero attached hydrogens (tertiary/aromatic N) is 2. The average molecular weight is 265 g/mol. The molecule has 0 spiro atoms. The van der Waals surface area contributed by atoms with Crippen molar-refractivity contribution in [3.05, 3.63) is 66.0 Å². The van der Waals surface area contributed by atoms with Gasteiger partial charge in [0.25, 0.3) is 0 Å². The molecule has 1 aromatic heterocycles. The highest BCUT2D eigenvalue weighted by molar-refractivity contribution is 5.53. The summed E-state index contributed by atoms with van der Waals surface area (Å²) >= 11 is 0. The standard InChI is InChI=1S/C16H15N3O/c1-20-14-9-5-6-12(10-14)11-15-17-16(19-18-15)13-7-3-2-4-8-13/h2-10H,11H2,1H3,(H,17,18,19). The quantitative estimate of drug-likeness (QED) is 0.788. The Kier molecular flexibility index (Phi) is 3.46. The Balaban J connectivity index is 1.80. The Bertz CT molecular complexity index is 692. The van der Waals surface area contributed by atoms with E-state index in [0.29, 0.717) is 6.42 Å². The number of aromatic amines is 1. The summed E-state index contributed by atoms with van der Waals surface area (Å²) in [5.74, 6) is 2.42. The number of benzene rings is 2. The first kappa shape index (κ1) is 12.4. The third kappa shape index (κ3) is 2.69. The van der Waals surface area contributed by atoms with Gasteiger partial charge in [-0.05, 0) is 17.7 Å². The predicted molar refractivity (Wildman–Crippen MR) is 77.6 cm³/mol. The number of aromatic nitrogens is 3. The van der Waals surface area contributed by atoms with Gasteiger partial charge in [-0.15, -0.1) is 0 Å². The van der Waals surface area contributed by atoms with E-state index in [4.69, 9.17) is 4.74 Å². The summed E-state index contributed by atoms with van der Waals surface area (Å²) in [5, 5.41) is 7.25. The van der Waals surface area contributed by atoms with Crippen molar-refractivity contribution in [2.45, 2.75) is 6.42 Å². The molecule has 0 saturated heterocycles. The zero-order chi connectivity index (χ0) is 13.8. The molecule has 0 saturated carbocycles. The first-order valence-electron chi connectivity index (χ1n) is 6.45. The van der Waals surface area contributed by atoms with Gasteiger partial charge in [-0.3, -0.25) is 5.10 Å². The molecule has 20 heavy (non-hydrogen) atoms. The Hall–Kier alpha value is -2.62. The van der Waals surface area contributed by atoms with Crippen LogP contribution in [0.5, 0.6) is 5.75 Å². The lowest BCUT2D eigenvalue weighted by Crippen LogP contribution is -1.92. The van der Waals surface area contributed by atoms with Crippen LogP contribution in [0.4, 0.5) is 0 Å². The van der Waals surface area contributed by atoms with E-state index in [1.165, 1.54) is 0 Å². The summed E-state index contributed by atoms with van der Waals surface area (Å²) in [6.07, 6.45) is 0.705. The van der Waals surface area contributed by atoms with Crippen LogP contribution in [0.15, 0.2) is 54.6 Å². The van der Waals surface area contributed by atoms with E-state index in [9.17, 15) is 0 Å². The van der Waals surface area contributed by atoms with Crippen molar-refractivity contribution in [1.82, 2.24) is 15.2 Å². The second kappa shape index (κ2) is 5.57. The number of nitrogens with one attached hydrogen (secondary N) is 1. The number of methoxy groups -OCH3 is 1. The molecule has 2 aromatic carbocycles. The molecule has 0 radical (unpaired) electrons. The summed E-state index contributed by atoms with van der Waals surface area (Å²) in [5.41, 5.74) is 2.15. The summed E-state index contributed by atoms with van der Waals surface area (Å²) in [6, 6.07) is 17.9. The van der Waals surface area contributed by atoms with Crippen molar-refractivity contribution in [3.8, 4) is 17.1 Å². The maximum Gasteiger partial charge on any atom is 0.181 e. The van der Waals surface area contributed by atoms with Gasteiger partial charge < -0.3 is 4.74 Å². The fourth-order valence-electron chi connectivity index (χ4n) is 2.07. The zero-order valence-corrected chi connectivity index (χ0v) is 11.2. The van der Waals surface area contributed by atoms with Gasteiger partial charge in [-0.2, -0.15) is 5.10 Å². The van der Waals surface area contributed by atoms with Gasteiger partial charge >= 0.3 is 0 Å². The normalized spacial score (nSPS) is 10.4. The molecule has 0 atom stereocenters. The molecule has 0 aliphatic rings. The minimum Gasteiger partial charge on any atom is -0.497 e. The Morgan fingerprint density at radius 2 is 1.90 bits per heavy atom. The van der Waals surface area contributed by atoms with E-state index < -0.39 is 0 Å². The Labute approximate surface area is 117 Å². The maximum absolute atomic E-state index is 5.22. The summed E-state index contributed by atoms with van der Waals surface area (Å²) < 4.78 is 5.22. The van der Waals surface area contributed by atoms with Crippen molar-refractivity contribution in [1.29, 1.82) is 0 Å². The number of hydrogen-bond acceptors (Lipinski definition) is 3. The molecule has 100 valence electrons. The van der Waals surface area contributed by atoms with Crippen LogP contribution in [0, 0.1) is 0 Å². The van der Waals surface area contributed by atoms with E-state index in [2.05, 4.69) is 15.2 Å². The molecule has 0 aliphatic heterocycles. The highest BCUT2D eigenvalue weighted by atomic mass is 16.5. The summed E-state index contributed by atoms with van der Waals surface area (Å²) in [6.45, 7) is 0. The predicted octanol–water partition coefficient (Wildman–Crippen LogP) is 3.07. The van der Waals surface area contributed by atoms with Gasteiger partial charge in [-0.1, -0.05) is 42.5 Å². The van der Waals surface area contributed by atoms with E-state index in [1.807, 2.05) is 54.6 Å². The van der Waals surface area contributed by atoms with Crippen LogP contribution in [0.1, 0.15) is 11.4 Å². The van der Waals surface area contributed by atoms with Crippen LogP contribution >= 0.6 is 0 Å². The second-order valence-electron chi connectivity index (χ2n) is 4.50. The van der Waals surface area contributed by atoms with Gasteiger partial charge in [0.05, 0.1) is 7.11 Å². The van der Waals surface area contributed by atoms with Crippen molar-refractivity contribution in [2.75, 3.05) is 7.11 Å². The fourth-order valence-corrected chi connectivity index (χ4v) is 2.07. The number of hydrogen-bond donors (Lipinski definition) is 1. The lowest BCUT2D eigenvalue weighted by Gasteiger charge is -2.02. The van der Waals surface area contributed by atoms with Gasteiger partial charge in [0, 0.05) is 12.0 Å². The fraction of sp³-hybridized carbons (Fsp3) is 0.125. The lowest BCUT2D eigenvalue weighted by atomic mass is 10.1. The molecule has 0 aliphatic carbocycles. The monoisotopic (exact) mass is 265 g/mol. The molecule has 0 bridgehead atoms. The van der Waals surface area contributed by atoms with Crippen LogP contribution in [0.3, 0.4) is 0 Å². The molecular weight excluding hydrogens is 250 g/mol. The Morgan fingerprint density at radius 1 is 1.05 bits per heavy atom. The lowest BCUT2D eigenvalue weighted by molar-refractivity contribution is 0.414. The van der Waals surface area contributed by atoms with Crippen LogP contribution < -0.4 is 4.74 Å². The molecule has 4 nitrogen and oxygen atoms in total. The van der Waals surface area contributed by atoms with Crippen molar-refractivity contribution >= 4 is 0 Å².